The highest BCUT2D eigenvalue weighted by molar-refractivity contribution is 5.95. The van der Waals surface area contributed by atoms with Crippen molar-refractivity contribution < 1.29 is 23.5 Å². The van der Waals surface area contributed by atoms with Crippen LogP contribution < -0.4 is 20.3 Å². The lowest BCUT2D eigenvalue weighted by Gasteiger charge is -2.38. The Balaban J connectivity index is 1.54. The molecule has 8 nitrogen and oxygen atoms in total. The third-order valence-electron chi connectivity index (χ3n) is 5.96. The number of esters is 1. The molecule has 2 aliphatic heterocycles. The molecule has 4 rings (SSSR count). The van der Waals surface area contributed by atoms with Crippen LogP contribution >= 0.6 is 0 Å². The number of urea groups is 1. The second-order valence-electron chi connectivity index (χ2n) is 7.90. The number of halogens is 1. The average molecular weight is 455 g/mol. The van der Waals surface area contributed by atoms with Gasteiger partial charge < -0.3 is 25.0 Å². The zero-order valence-electron chi connectivity index (χ0n) is 18.6. The molecule has 1 atom stereocenters. The van der Waals surface area contributed by atoms with Crippen molar-refractivity contribution in [3.8, 4) is 5.75 Å². The first-order valence-corrected chi connectivity index (χ1v) is 10.7. The first kappa shape index (κ1) is 22.6. The van der Waals surface area contributed by atoms with Crippen molar-refractivity contribution in [2.45, 2.75) is 6.04 Å². The maximum absolute atomic E-state index is 14.1. The van der Waals surface area contributed by atoms with E-state index in [-0.39, 0.29) is 11.8 Å². The molecule has 1 unspecified atom stereocenters. The van der Waals surface area contributed by atoms with Crippen molar-refractivity contribution in [1.82, 2.24) is 15.5 Å². The van der Waals surface area contributed by atoms with Gasteiger partial charge in [0, 0.05) is 38.4 Å². The van der Waals surface area contributed by atoms with E-state index < -0.39 is 12.0 Å². The highest BCUT2D eigenvalue weighted by atomic mass is 19.1. The zero-order valence-corrected chi connectivity index (χ0v) is 18.6. The lowest BCUT2D eigenvalue weighted by atomic mass is 9.95. The number of nitrogens with zero attached hydrogens (tertiary/aromatic N) is 2. The van der Waals surface area contributed by atoms with Gasteiger partial charge in [-0.25, -0.2) is 14.0 Å². The standard InChI is InChI=1S/C24H27FN4O4/c1-32-17-9-7-16(8-10-17)22-21(23(30)33-2)19(26-24(31)27-22)15-28-11-13-29(14-12-28)20-6-4-3-5-18(20)25/h3-10,22H,11-15H2,1-2H3,(H2,26,27,31). The first-order chi connectivity index (χ1) is 16.0. The van der Waals surface area contributed by atoms with Crippen LogP contribution in [0.15, 0.2) is 59.8 Å². The van der Waals surface area contributed by atoms with Crippen LogP contribution in [0.2, 0.25) is 0 Å². The van der Waals surface area contributed by atoms with Crippen molar-refractivity contribution in [3.63, 3.8) is 0 Å². The van der Waals surface area contributed by atoms with E-state index in [1.807, 2.05) is 23.1 Å². The number of para-hydroxylation sites is 1. The predicted molar refractivity (Wildman–Crippen MR) is 121 cm³/mol. The first-order valence-electron chi connectivity index (χ1n) is 10.7. The van der Waals surface area contributed by atoms with E-state index in [0.717, 1.165) is 5.56 Å². The Labute approximate surface area is 192 Å². The van der Waals surface area contributed by atoms with Gasteiger partial charge in [-0.15, -0.1) is 0 Å². The fraction of sp³-hybridized carbons (Fsp3) is 0.333. The van der Waals surface area contributed by atoms with Gasteiger partial charge in [-0.2, -0.15) is 0 Å². The molecule has 0 radical (unpaired) electrons. The molecule has 2 aromatic rings. The summed E-state index contributed by atoms with van der Waals surface area (Å²) in [6, 6.07) is 12.9. The lowest BCUT2D eigenvalue weighted by Crippen LogP contribution is -2.51. The van der Waals surface area contributed by atoms with Gasteiger partial charge in [0.15, 0.2) is 0 Å². The van der Waals surface area contributed by atoms with E-state index in [9.17, 15) is 14.0 Å². The van der Waals surface area contributed by atoms with E-state index >= 15 is 0 Å². The van der Waals surface area contributed by atoms with Crippen LogP contribution in [0.25, 0.3) is 0 Å². The molecule has 174 valence electrons. The number of carbonyl (C=O) groups excluding carboxylic acids is 2. The second kappa shape index (κ2) is 9.91. The third kappa shape index (κ3) is 4.93. The number of nitrogens with one attached hydrogen (secondary N) is 2. The second-order valence-corrected chi connectivity index (χ2v) is 7.90. The Hall–Kier alpha value is -3.59. The Bertz CT molecular complexity index is 1050. The number of anilines is 1. The maximum Gasteiger partial charge on any atom is 0.338 e. The lowest BCUT2D eigenvalue weighted by molar-refractivity contribution is -0.136. The van der Waals surface area contributed by atoms with Gasteiger partial charge in [0.05, 0.1) is 31.5 Å². The monoisotopic (exact) mass is 454 g/mol. The molecule has 1 fully saturated rings. The summed E-state index contributed by atoms with van der Waals surface area (Å²) in [7, 11) is 2.90. The van der Waals surface area contributed by atoms with E-state index in [0.29, 0.717) is 55.4 Å². The van der Waals surface area contributed by atoms with Gasteiger partial charge in [0.25, 0.3) is 0 Å². The Kier molecular flexibility index (Phi) is 6.79. The van der Waals surface area contributed by atoms with E-state index in [2.05, 4.69) is 15.5 Å². The molecule has 2 aromatic carbocycles. The number of carbonyl (C=O) groups is 2. The van der Waals surface area contributed by atoms with E-state index in [1.54, 1.807) is 31.4 Å². The molecule has 2 aliphatic rings. The van der Waals surface area contributed by atoms with Gasteiger partial charge in [0.2, 0.25) is 0 Å². The summed E-state index contributed by atoms with van der Waals surface area (Å²) in [5, 5.41) is 5.61. The number of hydrogen-bond donors (Lipinski definition) is 2. The van der Waals surface area contributed by atoms with Gasteiger partial charge in [-0.3, -0.25) is 4.90 Å². The Morgan fingerprint density at radius 1 is 1.06 bits per heavy atom. The maximum atomic E-state index is 14.1. The zero-order chi connectivity index (χ0) is 23.4. The van der Waals surface area contributed by atoms with E-state index in [1.165, 1.54) is 13.2 Å². The molecule has 33 heavy (non-hydrogen) atoms. The highest BCUT2D eigenvalue weighted by Crippen LogP contribution is 2.29. The number of hydrogen-bond acceptors (Lipinski definition) is 6. The van der Waals surface area contributed by atoms with Gasteiger partial charge in [0.1, 0.15) is 11.6 Å². The molecule has 0 aliphatic carbocycles. The van der Waals surface area contributed by atoms with Crippen molar-refractivity contribution in [1.29, 1.82) is 0 Å². The van der Waals surface area contributed by atoms with E-state index in [4.69, 9.17) is 9.47 Å². The molecule has 0 spiro atoms. The van der Waals surface area contributed by atoms with Crippen LogP contribution in [-0.4, -0.2) is 63.8 Å². The molecule has 2 heterocycles. The summed E-state index contributed by atoms with van der Waals surface area (Å²) in [6.07, 6.45) is 0. The minimum Gasteiger partial charge on any atom is -0.497 e. The summed E-state index contributed by atoms with van der Waals surface area (Å²) in [6.45, 7) is 2.95. The van der Waals surface area contributed by atoms with Crippen LogP contribution in [0.5, 0.6) is 5.75 Å². The smallest absolute Gasteiger partial charge is 0.338 e. The van der Waals surface area contributed by atoms with Crippen molar-refractivity contribution in [2.24, 2.45) is 0 Å². The topological polar surface area (TPSA) is 83.1 Å². The number of benzene rings is 2. The van der Waals surface area contributed by atoms with Crippen LogP contribution in [0.1, 0.15) is 11.6 Å². The van der Waals surface area contributed by atoms with Crippen molar-refractivity contribution in [2.75, 3.05) is 51.8 Å². The van der Waals surface area contributed by atoms with Gasteiger partial charge >= 0.3 is 12.0 Å². The molecule has 0 bridgehead atoms. The molecule has 9 heteroatoms. The van der Waals surface area contributed by atoms with Gasteiger partial charge in [-0.1, -0.05) is 24.3 Å². The molecule has 1 saturated heterocycles. The molecular formula is C24H27FN4O4. The molecule has 0 saturated carbocycles. The number of rotatable bonds is 6. The average Bonchev–Trinajstić information content (AvgIpc) is 2.84. The number of methoxy groups -OCH3 is 2. The fourth-order valence-corrected chi connectivity index (χ4v) is 4.22. The van der Waals surface area contributed by atoms with Crippen LogP contribution in [0.4, 0.5) is 14.9 Å². The number of ether oxygens (including phenoxy) is 2. The largest absolute Gasteiger partial charge is 0.497 e. The number of piperazine rings is 1. The van der Waals surface area contributed by atoms with Crippen molar-refractivity contribution >= 4 is 17.7 Å². The minimum absolute atomic E-state index is 0.241. The third-order valence-corrected chi connectivity index (χ3v) is 5.96. The summed E-state index contributed by atoms with van der Waals surface area (Å²) in [5.74, 6) is -0.0755. The SMILES string of the molecule is COC(=O)C1=C(CN2CCN(c3ccccc3F)CC2)NC(=O)NC1c1ccc(OC)cc1. The predicted octanol–water partition coefficient (Wildman–Crippen LogP) is 2.44. The Morgan fingerprint density at radius 3 is 2.39 bits per heavy atom. The Morgan fingerprint density at radius 2 is 1.76 bits per heavy atom. The number of amides is 2. The van der Waals surface area contributed by atoms with Crippen molar-refractivity contribution in [3.05, 3.63) is 71.2 Å². The summed E-state index contributed by atoms with van der Waals surface area (Å²) in [4.78, 5) is 29.3. The molecule has 2 amide bonds. The molecule has 2 N–H and O–H groups in total. The minimum atomic E-state index is -0.646. The quantitative estimate of drug-likeness (QED) is 0.653. The van der Waals surface area contributed by atoms with Crippen LogP contribution in [0, 0.1) is 5.82 Å². The normalized spacial score (nSPS) is 19.1. The van der Waals surface area contributed by atoms with Crippen LogP contribution in [-0.2, 0) is 9.53 Å². The fourth-order valence-electron chi connectivity index (χ4n) is 4.22. The highest BCUT2D eigenvalue weighted by Gasteiger charge is 2.34. The summed E-state index contributed by atoms with van der Waals surface area (Å²) < 4.78 is 24.4. The molecular weight excluding hydrogens is 427 g/mol. The summed E-state index contributed by atoms with van der Waals surface area (Å²) in [5.41, 5.74) is 2.19. The molecule has 0 aromatic heterocycles. The van der Waals surface area contributed by atoms with Gasteiger partial charge in [-0.05, 0) is 29.8 Å². The summed E-state index contributed by atoms with van der Waals surface area (Å²) >= 11 is 0. The van der Waals surface area contributed by atoms with Crippen LogP contribution in [0.3, 0.4) is 0 Å².